The van der Waals surface area contributed by atoms with Gasteiger partial charge in [0.15, 0.2) is 0 Å². The van der Waals surface area contributed by atoms with Gasteiger partial charge in [0, 0.05) is 16.6 Å². The van der Waals surface area contributed by atoms with Crippen LogP contribution in [0.1, 0.15) is 22.6 Å². The molecular weight excluding hydrogens is 459 g/mol. The van der Waals surface area contributed by atoms with Crippen molar-refractivity contribution < 1.29 is 4.79 Å². The van der Waals surface area contributed by atoms with Crippen LogP contribution in [0.15, 0.2) is 24.3 Å². The monoisotopic (exact) mass is 469 g/mol. The van der Waals surface area contributed by atoms with Crippen LogP contribution in [0.4, 0.5) is 5.69 Å². The van der Waals surface area contributed by atoms with Crippen molar-refractivity contribution >= 4 is 81.2 Å². The van der Waals surface area contributed by atoms with E-state index in [9.17, 15) is 4.79 Å². The Kier molecular flexibility index (Phi) is 5.67. The number of nitrogens with one attached hydrogen (secondary N) is 1. The molecule has 0 spiro atoms. The van der Waals surface area contributed by atoms with Crippen LogP contribution >= 0.6 is 69.6 Å². The van der Waals surface area contributed by atoms with Gasteiger partial charge < -0.3 is 5.32 Å². The summed E-state index contributed by atoms with van der Waals surface area (Å²) in [6, 6.07) is 6.85. The van der Waals surface area contributed by atoms with Crippen LogP contribution in [0.3, 0.4) is 0 Å². The fourth-order valence-electron chi connectivity index (χ4n) is 3.06. The van der Waals surface area contributed by atoms with Gasteiger partial charge in [-0.1, -0.05) is 46.4 Å². The van der Waals surface area contributed by atoms with Crippen molar-refractivity contribution in [3.63, 3.8) is 0 Å². The molecule has 0 saturated heterocycles. The molecule has 3 rings (SSSR count). The summed E-state index contributed by atoms with van der Waals surface area (Å²) in [5, 5.41) is 4.34. The second-order valence-electron chi connectivity index (χ2n) is 6.34. The normalized spacial score (nSPS) is 20.8. The summed E-state index contributed by atoms with van der Waals surface area (Å²) in [4.78, 5) is 12.7. The quantitative estimate of drug-likeness (QED) is 0.365. The largest absolute Gasteiger partial charge is 0.326 e. The first-order valence-corrected chi connectivity index (χ1v) is 9.90. The van der Waals surface area contributed by atoms with Crippen LogP contribution in [0.2, 0.25) is 20.1 Å². The van der Waals surface area contributed by atoms with Gasteiger partial charge in [0.1, 0.15) is 4.33 Å². The van der Waals surface area contributed by atoms with E-state index in [2.05, 4.69) is 5.32 Å². The highest BCUT2D eigenvalue weighted by atomic mass is 35.5. The molecule has 0 heterocycles. The maximum absolute atomic E-state index is 12.7. The lowest BCUT2D eigenvalue weighted by Gasteiger charge is -2.09. The van der Waals surface area contributed by atoms with E-state index in [0.717, 1.165) is 11.1 Å². The lowest BCUT2D eigenvalue weighted by molar-refractivity contribution is -0.117. The van der Waals surface area contributed by atoms with Gasteiger partial charge in [0.25, 0.3) is 0 Å². The zero-order valence-electron chi connectivity index (χ0n) is 13.6. The molecule has 1 aliphatic carbocycles. The van der Waals surface area contributed by atoms with Gasteiger partial charge in [-0.25, -0.2) is 0 Å². The van der Waals surface area contributed by atoms with Gasteiger partial charge in [-0.05, 0) is 54.8 Å². The summed E-state index contributed by atoms with van der Waals surface area (Å²) in [5.41, 5.74) is 3.04. The summed E-state index contributed by atoms with van der Waals surface area (Å²) >= 11 is 37.0. The number of hydrogen-bond donors (Lipinski definition) is 1. The standard InChI is InChI=1S/C18H13Cl6NO/c1-7-3-10(4-8(2)15(7)21)25-17(26)14-13(18(14,23)24)9-5-11(19)16(22)12(20)6-9/h3-6,13-14H,1-2H3,(H,25,26)/t13-,14?/m0/s1. The summed E-state index contributed by atoms with van der Waals surface area (Å²) in [5.74, 6) is -1.37. The second-order valence-corrected chi connectivity index (χ2v) is 9.36. The van der Waals surface area contributed by atoms with E-state index in [0.29, 0.717) is 16.3 Å². The molecule has 1 saturated carbocycles. The predicted molar refractivity (Wildman–Crippen MR) is 112 cm³/mol. The molecule has 2 aromatic rings. The van der Waals surface area contributed by atoms with E-state index in [1.54, 1.807) is 24.3 Å². The molecule has 0 aliphatic heterocycles. The zero-order chi connectivity index (χ0) is 19.4. The summed E-state index contributed by atoms with van der Waals surface area (Å²) in [6.45, 7) is 3.74. The number of carbonyl (C=O) groups excluding carboxylic acids is 1. The van der Waals surface area contributed by atoms with Gasteiger partial charge in [-0.3, -0.25) is 4.79 Å². The maximum atomic E-state index is 12.7. The van der Waals surface area contributed by atoms with Crippen molar-refractivity contribution in [2.45, 2.75) is 24.1 Å². The van der Waals surface area contributed by atoms with Crippen LogP contribution in [0, 0.1) is 19.8 Å². The van der Waals surface area contributed by atoms with Gasteiger partial charge in [-0.2, -0.15) is 0 Å². The average molecular weight is 472 g/mol. The fraction of sp³-hybridized carbons (Fsp3) is 0.278. The third kappa shape index (κ3) is 3.65. The number of anilines is 1. The molecule has 8 heteroatoms. The third-order valence-electron chi connectivity index (χ3n) is 4.41. The van der Waals surface area contributed by atoms with Crippen molar-refractivity contribution in [1.82, 2.24) is 0 Å². The van der Waals surface area contributed by atoms with Crippen LogP contribution in [0.25, 0.3) is 0 Å². The van der Waals surface area contributed by atoms with Crippen LogP contribution in [-0.2, 0) is 4.79 Å². The minimum atomic E-state index is -1.25. The Morgan fingerprint density at radius 1 is 0.923 bits per heavy atom. The number of rotatable bonds is 3. The predicted octanol–water partition coefficient (Wildman–Crippen LogP) is 7.44. The molecule has 1 unspecified atom stereocenters. The topological polar surface area (TPSA) is 29.1 Å². The molecule has 26 heavy (non-hydrogen) atoms. The number of hydrogen-bond acceptors (Lipinski definition) is 1. The first-order chi connectivity index (χ1) is 12.0. The molecule has 0 aromatic heterocycles. The van der Waals surface area contributed by atoms with Crippen molar-refractivity contribution in [2.75, 3.05) is 5.32 Å². The Morgan fingerprint density at radius 2 is 1.42 bits per heavy atom. The Hall–Kier alpha value is -0.350. The van der Waals surface area contributed by atoms with E-state index in [4.69, 9.17) is 69.6 Å². The highest BCUT2D eigenvalue weighted by Gasteiger charge is 2.67. The van der Waals surface area contributed by atoms with Crippen molar-refractivity contribution in [2.24, 2.45) is 5.92 Å². The summed E-state index contributed by atoms with van der Waals surface area (Å²) in [7, 11) is 0. The van der Waals surface area contributed by atoms with E-state index < -0.39 is 16.2 Å². The van der Waals surface area contributed by atoms with Crippen LogP contribution < -0.4 is 5.32 Å². The van der Waals surface area contributed by atoms with Crippen molar-refractivity contribution in [3.05, 3.63) is 61.0 Å². The Morgan fingerprint density at radius 3 is 1.92 bits per heavy atom. The molecule has 2 atom stereocenters. The van der Waals surface area contributed by atoms with Gasteiger partial charge >= 0.3 is 0 Å². The minimum Gasteiger partial charge on any atom is -0.326 e. The average Bonchev–Trinajstić information content (AvgIpc) is 3.12. The third-order valence-corrected chi connectivity index (χ3v) is 7.14. The second kappa shape index (κ2) is 7.24. The summed E-state index contributed by atoms with van der Waals surface area (Å²) in [6.07, 6.45) is 0. The highest BCUT2D eigenvalue weighted by molar-refractivity contribution is 6.54. The summed E-state index contributed by atoms with van der Waals surface area (Å²) < 4.78 is -1.25. The van der Waals surface area contributed by atoms with Gasteiger partial charge in [0.05, 0.1) is 21.0 Å². The number of aryl methyl sites for hydroxylation is 2. The number of halogens is 6. The molecule has 0 radical (unpaired) electrons. The number of amides is 1. The first-order valence-electron chi connectivity index (χ1n) is 7.64. The lowest BCUT2D eigenvalue weighted by atomic mass is 10.1. The van der Waals surface area contributed by atoms with E-state index in [-0.39, 0.29) is 21.0 Å². The highest BCUT2D eigenvalue weighted by Crippen LogP contribution is 2.65. The molecule has 1 amide bonds. The molecule has 1 N–H and O–H groups in total. The van der Waals surface area contributed by atoms with Crippen LogP contribution in [0.5, 0.6) is 0 Å². The first kappa shape index (κ1) is 20.4. The molecule has 1 fully saturated rings. The molecule has 1 aliphatic rings. The van der Waals surface area contributed by atoms with Crippen LogP contribution in [-0.4, -0.2) is 10.2 Å². The Balaban J connectivity index is 1.85. The minimum absolute atomic E-state index is 0.251. The number of carbonyl (C=O) groups is 1. The van der Waals surface area contributed by atoms with Crippen molar-refractivity contribution in [1.29, 1.82) is 0 Å². The zero-order valence-corrected chi connectivity index (χ0v) is 18.2. The van der Waals surface area contributed by atoms with E-state index >= 15 is 0 Å². The smallest absolute Gasteiger partial charge is 0.231 e. The Bertz CT molecular complexity index is 865. The SMILES string of the molecule is Cc1cc(NC(=O)C2[C@H](c3cc(Cl)c(Cl)c(Cl)c3)C2(Cl)Cl)cc(C)c1Cl. The van der Waals surface area contributed by atoms with E-state index in [1.165, 1.54) is 0 Å². The van der Waals surface area contributed by atoms with Gasteiger partial charge in [-0.15, -0.1) is 23.2 Å². The maximum Gasteiger partial charge on any atom is 0.231 e. The Labute approximate surface area is 181 Å². The number of alkyl halides is 2. The lowest BCUT2D eigenvalue weighted by Crippen LogP contribution is -2.17. The molecule has 2 nitrogen and oxygen atoms in total. The van der Waals surface area contributed by atoms with E-state index in [1.807, 2.05) is 13.8 Å². The molecule has 0 bridgehead atoms. The van der Waals surface area contributed by atoms with Crippen molar-refractivity contribution in [3.8, 4) is 0 Å². The number of benzene rings is 2. The molecule has 138 valence electrons. The fourth-order valence-corrected chi connectivity index (χ4v) is 4.61. The van der Waals surface area contributed by atoms with Gasteiger partial charge in [0.2, 0.25) is 5.91 Å². The molecular formula is C18H13Cl6NO. The molecule has 2 aromatic carbocycles.